The Hall–Kier alpha value is -1.46. The predicted molar refractivity (Wildman–Crippen MR) is 94.3 cm³/mol. The van der Waals surface area contributed by atoms with Crippen LogP contribution in [0.5, 0.6) is 5.75 Å². The van der Waals surface area contributed by atoms with Gasteiger partial charge in [-0.05, 0) is 50.6 Å². The summed E-state index contributed by atoms with van der Waals surface area (Å²) in [5.41, 5.74) is 0.820. The van der Waals surface area contributed by atoms with E-state index in [2.05, 4.69) is 10.6 Å². The molecule has 0 unspecified atom stereocenters. The Morgan fingerprint density at radius 2 is 2.13 bits per heavy atom. The van der Waals surface area contributed by atoms with E-state index in [4.69, 9.17) is 16.3 Å². The van der Waals surface area contributed by atoms with Gasteiger partial charge in [0.25, 0.3) is 0 Å². The third kappa shape index (κ3) is 5.29. The van der Waals surface area contributed by atoms with Crippen molar-refractivity contribution in [1.29, 1.82) is 0 Å². The van der Waals surface area contributed by atoms with E-state index in [9.17, 15) is 4.79 Å². The van der Waals surface area contributed by atoms with Gasteiger partial charge in [-0.15, -0.1) is 0 Å². The van der Waals surface area contributed by atoms with Crippen molar-refractivity contribution >= 4 is 23.2 Å². The van der Waals surface area contributed by atoms with Gasteiger partial charge in [-0.25, -0.2) is 0 Å². The largest absolute Gasteiger partial charge is 0.495 e. The smallest absolute Gasteiger partial charge is 0.224 e. The Kier molecular flexibility index (Phi) is 6.99. The van der Waals surface area contributed by atoms with E-state index in [0.717, 1.165) is 43.9 Å². The zero-order valence-corrected chi connectivity index (χ0v) is 14.7. The first-order valence-corrected chi connectivity index (χ1v) is 8.51. The molecule has 1 amide bonds. The maximum atomic E-state index is 12.3. The number of amides is 1. The number of carbonyl (C=O) groups is 1. The Bertz CT molecular complexity index is 517. The SMILES string of the molecule is CNCC1CCN(C(=O)CCNc2cc(Cl)ccc2OC)CC1. The maximum Gasteiger partial charge on any atom is 0.224 e. The van der Waals surface area contributed by atoms with Crippen LogP contribution in [-0.4, -0.2) is 51.1 Å². The average Bonchev–Trinajstić information content (AvgIpc) is 2.56. The highest BCUT2D eigenvalue weighted by atomic mass is 35.5. The molecule has 0 atom stereocenters. The molecule has 1 aromatic rings. The number of hydrogen-bond donors (Lipinski definition) is 2. The molecule has 0 aliphatic carbocycles. The molecule has 2 N–H and O–H groups in total. The number of methoxy groups -OCH3 is 1. The number of anilines is 1. The maximum absolute atomic E-state index is 12.3. The normalized spacial score (nSPS) is 15.5. The lowest BCUT2D eigenvalue weighted by Crippen LogP contribution is -2.40. The van der Waals surface area contributed by atoms with Gasteiger partial charge >= 0.3 is 0 Å². The van der Waals surface area contributed by atoms with E-state index >= 15 is 0 Å². The second kappa shape index (κ2) is 8.99. The standard InChI is InChI=1S/C17H26ClN3O2/c1-19-12-13-6-9-21(10-7-13)17(22)5-8-20-15-11-14(18)3-4-16(15)23-2/h3-4,11,13,19-20H,5-10,12H2,1-2H3. The molecule has 1 aromatic carbocycles. The third-order valence-electron chi connectivity index (χ3n) is 4.28. The number of ether oxygens (including phenoxy) is 1. The molecule has 6 heteroatoms. The van der Waals surface area contributed by atoms with E-state index in [1.54, 1.807) is 13.2 Å². The van der Waals surface area contributed by atoms with Crippen molar-refractivity contribution in [3.63, 3.8) is 0 Å². The van der Waals surface area contributed by atoms with Crippen LogP contribution in [-0.2, 0) is 4.79 Å². The number of benzene rings is 1. The quantitative estimate of drug-likeness (QED) is 0.801. The van der Waals surface area contributed by atoms with Crippen LogP contribution >= 0.6 is 11.6 Å². The van der Waals surface area contributed by atoms with Gasteiger partial charge in [0.2, 0.25) is 5.91 Å². The number of likely N-dealkylation sites (tertiary alicyclic amines) is 1. The van der Waals surface area contributed by atoms with Gasteiger partial charge in [0.05, 0.1) is 12.8 Å². The number of rotatable bonds is 7. The highest BCUT2D eigenvalue weighted by molar-refractivity contribution is 6.30. The lowest BCUT2D eigenvalue weighted by molar-refractivity contribution is -0.132. The zero-order chi connectivity index (χ0) is 16.7. The second-order valence-corrected chi connectivity index (χ2v) is 6.34. The molecule has 2 rings (SSSR count). The van der Waals surface area contributed by atoms with Gasteiger partial charge in [0.1, 0.15) is 5.75 Å². The molecule has 1 fully saturated rings. The summed E-state index contributed by atoms with van der Waals surface area (Å²) in [5, 5.41) is 7.09. The van der Waals surface area contributed by atoms with Crippen LogP contribution in [0.1, 0.15) is 19.3 Å². The minimum atomic E-state index is 0.210. The first-order valence-electron chi connectivity index (χ1n) is 8.13. The lowest BCUT2D eigenvalue weighted by Gasteiger charge is -2.32. The number of halogens is 1. The van der Waals surface area contributed by atoms with Crippen LogP contribution in [0.15, 0.2) is 18.2 Å². The van der Waals surface area contributed by atoms with Gasteiger partial charge in [0.15, 0.2) is 0 Å². The molecule has 1 saturated heterocycles. The third-order valence-corrected chi connectivity index (χ3v) is 4.51. The van der Waals surface area contributed by atoms with Crippen LogP contribution in [0, 0.1) is 5.92 Å². The molecule has 0 aromatic heterocycles. The zero-order valence-electron chi connectivity index (χ0n) is 13.9. The van der Waals surface area contributed by atoms with Crippen molar-refractivity contribution in [2.24, 2.45) is 5.92 Å². The summed E-state index contributed by atoms with van der Waals surface area (Å²) < 4.78 is 5.29. The topological polar surface area (TPSA) is 53.6 Å². The predicted octanol–water partition coefficient (Wildman–Crippen LogP) is 2.61. The van der Waals surface area contributed by atoms with Crippen LogP contribution in [0.4, 0.5) is 5.69 Å². The van der Waals surface area contributed by atoms with Crippen LogP contribution in [0.3, 0.4) is 0 Å². The molecule has 0 radical (unpaired) electrons. The summed E-state index contributed by atoms with van der Waals surface area (Å²) >= 11 is 6.00. The van der Waals surface area contributed by atoms with E-state index in [1.807, 2.05) is 24.1 Å². The summed E-state index contributed by atoms with van der Waals surface area (Å²) in [6.07, 6.45) is 2.65. The van der Waals surface area contributed by atoms with Crippen molar-refractivity contribution in [2.75, 3.05) is 45.7 Å². The summed E-state index contributed by atoms with van der Waals surface area (Å²) in [6, 6.07) is 5.42. The Labute approximate surface area is 143 Å². The molecular weight excluding hydrogens is 314 g/mol. The molecule has 0 saturated carbocycles. The lowest BCUT2D eigenvalue weighted by atomic mass is 9.96. The van der Waals surface area contributed by atoms with E-state index in [-0.39, 0.29) is 5.91 Å². The summed E-state index contributed by atoms with van der Waals surface area (Å²) in [7, 11) is 3.60. The van der Waals surface area contributed by atoms with Crippen LogP contribution in [0.25, 0.3) is 0 Å². The number of nitrogens with zero attached hydrogens (tertiary/aromatic N) is 1. The van der Waals surface area contributed by atoms with Crippen LogP contribution in [0.2, 0.25) is 5.02 Å². The van der Waals surface area contributed by atoms with Gasteiger partial charge in [-0.3, -0.25) is 4.79 Å². The molecular formula is C17H26ClN3O2. The minimum absolute atomic E-state index is 0.210. The Balaban J connectivity index is 1.76. The minimum Gasteiger partial charge on any atom is -0.495 e. The fourth-order valence-corrected chi connectivity index (χ4v) is 3.13. The summed E-state index contributed by atoms with van der Waals surface area (Å²) in [6.45, 7) is 3.35. The second-order valence-electron chi connectivity index (χ2n) is 5.90. The Morgan fingerprint density at radius 3 is 2.78 bits per heavy atom. The van der Waals surface area contributed by atoms with E-state index < -0.39 is 0 Å². The number of nitrogens with one attached hydrogen (secondary N) is 2. The molecule has 0 bridgehead atoms. The van der Waals surface area contributed by atoms with Crippen LogP contribution < -0.4 is 15.4 Å². The molecule has 1 heterocycles. The first kappa shape index (κ1) is 17.9. The highest BCUT2D eigenvalue weighted by Crippen LogP contribution is 2.27. The molecule has 23 heavy (non-hydrogen) atoms. The molecule has 1 aliphatic rings. The Morgan fingerprint density at radius 1 is 1.39 bits per heavy atom. The number of piperidine rings is 1. The van der Waals surface area contributed by atoms with E-state index in [1.165, 1.54) is 0 Å². The fourth-order valence-electron chi connectivity index (χ4n) is 2.96. The fraction of sp³-hybridized carbons (Fsp3) is 0.588. The van der Waals surface area contributed by atoms with Crippen molar-refractivity contribution in [2.45, 2.75) is 19.3 Å². The molecule has 5 nitrogen and oxygen atoms in total. The molecule has 1 aliphatic heterocycles. The van der Waals surface area contributed by atoms with Gasteiger partial charge in [-0.1, -0.05) is 11.6 Å². The van der Waals surface area contributed by atoms with Gasteiger partial charge in [0, 0.05) is 31.1 Å². The van der Waals surface area contributed by atoms with E-state index in [0.29, 0.717) is 23.9 Å². The average molecular weight is 340 g/mol. The number of carbonyl (C=O) groups excluding carboxylic acids is 1. The summed E-state index contributed by atoms with van der Waals surface area (Å²) in [4.78, 5) is 14.3. The van der Waals surface area contributed by atoms with Crippen molar-refractivity contribution < 1.29 is 9.53 Å². The van der Waals surface area contributed by atoms with Gasteiger partial charge < -0.3 is 20.3 Å². The van der Waals surface area contributed by atoms with Crippen molar-refractivity contribution in [1.82, 2.24) is 10.2 Å². The molecule has 0 spiro atoms. The summed E-state index contributed by atoms with van der Waals surface area (Å²) in [5.74, 6) is 1.63. The van der Waals surface area contributed by atoms with Crippen molar-refractivity contribution in [3.8, 4) is 5.75 Å². The first-order chi connectivity index (χ1) is 11.1. The monoisotopic (exact) mass is 339 g/mol. The highest BCUT2D eigenvalue weighted by Gasteiger charge is 2.21. The molecule has 128 valence electrons. The van der Waals surface area contributed by atoms with Gasteiger partial charge in [-0.2, -0.15) is 0 Å². The number of hydrogen-bond acceptors (Lipinski definition) is 4. The van der Waals surface area contributed by atoms with Crippen molar-refractivity contribution in [3.05, 3.63) is 23.2 Å².